The smallest absolute Gasteiger partial charge is 0.472 e. The van der Waals surface area contributed by atoms with Crippen LogP contribution in [0.15, 0.2) is 60.8 Å². The van der Waals surface area contributed by atoms with Crippen LogP contribution >= 0.6 is 7.82 Å². The minimum Gasteiger partial charge on any atom is -0.480 e. The SMILES string of the molecule is CC/C=C\C/C=C\C/C=C\C/C=C\C/C=C\CCCCCCCCCC(=O)NC(COP(=O)(O)OCC(O)COC(=O)CCCCCCCC)C(=O)O. The Kier molecular flexibility index (Phi) is 34.2. The summed E-state index contributed by atoms with van der Waals surface area (Å²) in [5, 5.41) is 21.7. The van der Waals surface area contributed by atoms with Gasteiger partial charge in [0.15, 0.2) is 6.04 Å². The summed E-state index contributed by atoms with van der Waals surface area (Å²) < 4.78 is 26.6. The summed E-state index contributed by atoms with van der Waals surface area (Å²) >= 11 is 0. The Morgan fingerprint density at radius 1 is 0.623 bits per heavy atom. The number of ether oxygens (including phenoxy) is 1. The van der Waals surface area contributed by atoms with Crippen LogP contribution in [0.2, 0.25) is 0 Å². The van der Waals surface area contributed by atoms with Crippen molar-refractivity contribution >= 4 is 25.7 Å². The minimum atomic E-state index is -4.75. The maximum absolute atomic E-state index is 12.3. The number of nitrogens with one attached hydrogen (secondary N) is 1. The summed E-state index contributed by atoms with van der Waals surface area (Å²) in [6.07, 6.45) is 40.0. The molecule has 11 nitrogen and oxygen atoms in total. The molecule has 3 unspecified atom stereocenters. The maximum atomic E-state index is 12.3. The molecule has 53 heavy (non-hydrogen) atoms. The number of hydrogen-bond donors (Lipinski definition) is 4. The van der Waals surface area contributed by atoms with Crippen molar-refractivity contribution in [3.05, 3.63) is 60.8 Å². The van der Waals surface area contributed by atoms with Gasteiger partial charge in [-0.3, -0.25) is 18.6 Å². The van der Waals surface area contributed by atoms with Gasteiger partial charge in [-0.15, -0.1) is 0 Å². The Bertz CT molecular complexity index is 1130. The van der Waals surface area contributed by atoms with Gasteiger partial charge in [-0.25, -0.2) is 9.36 Å². The zero-order chi connectivity index (χ0) is 39.3. The number of hydrogen-bond acceptors (Lipinski definition) is 8. The molecule has 0 aromatic heterocycles. The summed E-state index contributed by atoms with van der Waals surface area (Å²) in [5.74, 6) is -2.41. The van der Waals surface area contributed by atoms with Gasteiger partial charge in [-0.2, -0.15) is 0 Å². The first kappa shape index (κ1) is 50.2. The molecule has 0 radical (unpaired) electrons. The molecule has 4 N–H and O–H groups in total. The Morgan fingerprint density at radius 2 is 1.09 bits per heavy atom. The van der Waals surface area contributed by atoms with Crippen molar-refractivity contribution in [2.75, 3.05) is 19.8 Å². The number of carbonyl (C=O) groups is 3. The van der Waals surface area contributed by atoms with E-state index in [9.17, 15) is 34.1 Å². The number of aliphatic hydroxyl groups is 1. The van der Waals surface area contributed by atoms with Gasteiger partial charge in [-0.05, 0) is 57.8 Å². The second-order valence-electron chi connectivity index (χ2n) is 13.1. The summed E-state index contributed by atoms with van der Waals surface area (Å²) in [5.41, 5.74) is 0. The fourth-order valence-electron chi connectivity index (χ4n) is 4.99. The first-order valence-electron chi connectivity index (χ1n) is 19.8. The molecule has 0 heterocycles. The average Bonchev–Trinajstić information content (AvgIpc) is 3.13. The summed E-state index contributed by atoms with van der Waals surface area (Å²) in [7, 11) is -4.75. The Morgan fingerprint density at radius 3 is 1.64 bits per heavy atom. The molecule has 3 atom stereocenters. The lowest BCUT2D eigenvalue weighted by Gasteiger charge is -2.18. The van der Waals surface area contributed by atoms with E-state index >= 15 is 0 Å². The third-order valence-electron chi connectivity index (χ3n) is 8.07. The van der Waals surface area contributed by atoms with Crippen LogP contribution in [0.3, 0.4) is 0 Å². The summed E-state index contributed by atoms with van der Waals surface area (Å²) in [6, 6.07) is -1.55. The van der Waals surface area contributed by atoms with E-state index in [0.717, 1.165) is 109 Å². The molecular formula is C41H70NO10P. The quantitative estimate of drug-likeness (QED) is 0.0208. The predicted molar refractivity (Wildman–Crippen MR) is 212 cm³/mol. The number of carboxylic acids is 1. The Labute approximate surface area is 319 Å². The molecule has 0 aliphatic heterocycles. The van der Waals surface area contributed by atoms with E-state index in [1.54, 1.807) is 0 Å². The third-order valence-corrected chi connectivity index (χ3v) is 9.02. The molecule has 0 aromatic rings. The van der Waals surface area contributed by atoms with E-state index in [2.05, 4.69) is 79.9 Å². The molecule has 0 aliphatic carbocycles. The van der Waals surface area contributed by atoms with E-state index in [-0.39, 0.29) is 12.8 Å². The van der Waals surface area contributed by atoms with Crippen LogP contribution in [0.1, 0.15) is 149 Å². The van der Waals surface area contributed by atoms with Crippen molar-refractivity contribution in [3.8, 4) is 0 Å². The van der Waals surface area contributed by atoms with Gasteiger partial charge in [0.25, 0.3) is 0 Å². The van der Waals surface area contributed by atoms with E-state index in [1.165, 1.54) is 0 Å². The van der Waals surface area contributed by atoms with E-state index in [1.807, 2.05) is 0 Å². The van der Waals surface area contributed by atoms with Gasteiger partial charge < -0.3 is 25.2 Å². The van der Waals surface area contributed by atoms with Crippen molar-refractivity contribution in [3.63, 3.8) is 0 Å². The Hall–Kier alpha value is -2.82. The molecule has 0 aromatic carbocycles. The molecule has 304 valence electrons. The maximum Gasteiger partial charge on any atom is 0.472 e. The number of phosphoric acid groups is 1. The standard InChI is InChI=1S/C41H70NO10P/c1-3-5-7-9-11-12-13-14-15-16-17-18-19-20-21-22-23-24-25-26-27-28-30-32-39(44)42-38(41(46)47)36-52-53(48,49)51-35-37(43)34-50-40(45)33-31-29-10-8-6-4-2/h5,7,11-12,14-15,17-18,20-21,37-38,43H,3-4,6,8-10,13,16,19,22-36H2,1-2H3,(H,42,44)(H,46,47)(H,48,49)/b7-5-,12-11-,15-14-,18-17-,21-20-. The highest BCUT2D eigenvalue weighted by Gasteiger charge is 2.28. The number of esters is 1. The van der Waals surface area contributed by atoms with E-state index in [0.29, 0.717) is 12.8 Å². The summed E-state index contributed by atoms with van der Waals surface area (Å²) in [6.45, 7) is 2.36. The van der Waals surface area contributed by atoms with E-state index in [4.69, 9.17) is 13.8 Å². The number of unbranched alkanes of at least 4 members (excludes halogenated alkanes) is 12. The van der Waals surface area contributed by atoms with Gasteiger partial charge >= 0.3 is 19.8 Å². The van der Waals surface area contributed by atoms with Gasteiger partial charge in [-0.1, -0.05) is 139 Å². The average molecular weight is 768 g/mol. The highest BCUT2D eigenvalue weighted by molar-refractivity contribution is 7.47. The van der Waals surface area contributed by atoms with Crippen molar-refractivity contribution in [1.82, 2.24) is 5.32 Å². The topological polar surface area (TPSA) is 169 Å². The number of phosphoric ester groups is 1. The molecule has 12 heteroatoms. The minimum absolute atomic E-state index is 0.130. The molecule has 0 fully saturated rings. The van der Waals surface area contributed by atoms with Crippen molar-refractivity contribution in [1.29, 1.82) is 0 Å². The number of allylic oxidation sites excluding steroid dienone is 10. The second-order valence-corrected chi connectivity index (χ2v) is 14.5. The molecule has 0 saturated heterocycles. The monoisotopic (exact) mass is 767 g/mol. The van der Waals surface area contributed by atoms with Crippen molar-refractivity contribution in [2.24, 2.45) is 0 Å². The van der Waals surface area contributed by atoms with Crippen LogP contribution in [0.25, 0.3) is 0 Å². The lowest BCUT2D eigenvalue weighted by Crippen LogP contribution is -2.43. The number of aliphatic carboxylic acids is 1. The number of amides is 1. The third kappa shape index (κ3) is 36.0. The van der Waals surface area contributed by atoms with Crippen LogP contribution in [0.4, 0.5) is 0 Å². The Balaban J connectivity index is 3.94. The molecule has 0 bridgehead atoms. The molecule has 0 rings (SSSR count). The molecule has 0 spiro atoms. The van der Waals surface area contributed by atoms with E-state index < -0.39 is 57.6 Å². The lowest BCUT2D eigenvalue weighted by molar-refractivity contribution is -0.147. The zero-order valence-electron chi connectivity index (χ0n) is 32.5. The number of carboxylic acid groups (broad SMARTS) is 1. The first-order valence-corrected chi connectivity index (χ1v) is 21.3. The summed E-state index contributed by atoms with van der Waals surface area (Å²) in [4.78, 5) is 45.5. The van der Waals surface area contributed by atoms with Crippen LogP contribution in [-0.4, -0.2) is 64.9 Å². The predicted octanol–water partition coefficient (Wildman–Crippen LogP) is 9.61. The number of rotatable bonds is 36. The van der Waals surface area contributed by atoms with Gasteiger partial charge in [0.2, 0.25) is 5.91 Å². The van der Waals surface area contributed by atoms with Gasteiger partial charge in [0.05, 0.1) is 13.2 Å². The number of carbonyl (C=O) groups excluding carboxylic acids is 2. The largest absolute Gasteiger partial charge is 0.480 e. The molecular weight excluding hydrogens is 697 g/mol. The molecule has 0 aliphatic rings. The first-order chi connectivity index (χ1) is 25.6. The van der Waals surface area contributed by atoms with Crippen LogP contribution in [-0.2, 0) is 32.7 Å². The number of aliphatic hydroxyl groups excluding tert-OH is 1. The van der Waals surface area contributed by atoms with Crippen molar-refractivity contribution in [2.45, 2.75) is 161 Å². The highest BCUT2D eigenvalue weighted by Crippen LogP contribution is 2.43. The van der Waals surface area contributed by atoms with Crippen LogP contribution in [0.5, 0.6) is 0 Å². The van der Waals surface area contributed by atoms with Crippen LogP contribution in [0, 0.1) is 0 Å². The molecule has 1 amide bonds. The second kappa shape index (κ2) is 36.2. The van der Waals surface area contributed by atoms with Crippen LogP contribution < -0.4 is 5.32 Å². The fraction of sp³-hybridized carbons (Fsp3) is 0.683. The normalized spacial score (nSPS) is 14.5. The molecule has 0 saturated carbocycles. The fourth-order valence-corrected chi connectivity index (χ4v) is 5.76. The van der Waals surface area contributed by atoms with Gasteiger partial charge in [0, 0.05) is 12.8 Å². The lowest BCUT2D eigenvalue weighted by atomic mass is 10.1. The van der Waals surface area contributed by atoms with Gasteiger partial charge in [0.1, 0.15) is 12.7 Å². The zero-order valence-corrected chi connectivity index (χ0v) is 33.4. The highest BCUT2D eigenvalue weighted by atomic mass is 31.2. The van der Waals surface area contributed by atoms with Crippen molar-refractivity contribution < 1.29 is 47.8 Å².